The van der Waals surface area contributed by atoms with E-state index < -0.39 is 35.5 Å². The minimum Gasteiger partial charge on any atom is -0.479 e. The Hall–Kier alpha value is -2.41. The van der Waals surface area contributed by atoms with Crippen LogP contribution in [-0.2, 0) is 14.4 Å². The predicted molar refractivity (Wildman–Crippen MR) is 70.3 cm³/mol. The second-order valence-electron chi connectivity index (χ2n) is 4.95. The molecule has 3 N–H and O–H groups in total. The van der Waals surface area contributed by atoms with Crippen molar-refractivity contribution in [1.82, 2.24) is 4.90 Å². The van der Waals surface area contributed by atoms with Gasteiger partial charge in [-0.2, -0.15) is 0 Å². The highest BCUT2D eigenvalue weighted by atomic mass is 16.4. The van der Waals surface area contributed by atoms with Crippen LogP contribution in [-0.4, -0.2) is 49.8 Å². The number of carbonyl (C=O) groups is 3. The van der Waals surface area contributed by atoms with Crippen LogP contribution in [0.1, 0.15) is 24.8 Å². The van der Waals surface area contributed by atoms with Gasteiger partial charge in [0, 0.05) is 19.3 Å². The first-order valence-electron chi connectivity index (χ1n) is 6.33. The Morgan fingerprint density at radius 2 is 1.67 bits per heavy atom. The van der Waals surface area contributed by atoms with Crippen molar-refractivity contribution in [1.29, 1.82) is 0 Å². The lowest BCUT2D eigenvalue weighted by molar-refractivity contribution is -0.176. The highest BCUT2D eigenvalue weighted by molar-refractivity contribution is 6.08. The molecule has 1 amide bonds. The minimum absolute atomic E-state index is 0.151. The SMILES string of the molecule is CC(=O)N1C(O)CC(c2ccccc2)C1(C(=O)O)C(=O)O. The van der Waals surface area contributed by atoms with Crippen LogP contribution in [0.2, 0.25) is 0 Å². The van der Waals surface area contributed by atoms with Crippen LogP contribution in [0.15, 0.2) is 30.3 Å². The van der Waals surface area contributed by atoms with E-state index in [0.717, 1.165) is 6.92 Å². The Balaban J connectivity index is 2.67. The van der Waals surface area contributed by atoms with E-state index in [9.17, 15) is 29.7 Å². The smallest absolute Gasteiger partial charge is 0.342 e. The molecule has 0 bridgehead atoms. The van der Waals surface area contributed by atoms with Gasteiger partial charge in [-0.15, -0.1) is 0 Å². The number of aliphatic hydroxyl groups is 1. The Morgan fingerprint density at radius 1 is 1.14 bits per heavy atom. The zero-order chi connectivity index (χ0) is 15.8. The summed E-state index contributed by atoms with van der Waals surface area (Å²) in [4.78, 5) is 35.7. The quantitative estimate of drug-likeness (QED) is 0.688. The van der Waals surface area contributed by atoms with Gasteiger partial charge in [-0.3, -0.25) is 9.69 Å². The average Bonchev–Trinajstić information content (AvgIpc) is 2.74. The number of aliphatic carboxylic acids is 2. The van der Waals surface area contributed by atoms with Crippen LogP contribution in [0, 0.1) is 0 Å². The van der Waals surface area contributed by atoms with E-state index in [-0.39, 0.29) is 6.42 Å². The van der Waals surface area contributed by atoms with Crippen LogP contribution >= 0.6 is 0 Å². The summed E-state index contributed by atoms with van der Waals surface area (Å²) < 4.78 is 0. The molecule has 1 aromatic carbocycles. The topological polar surface area (TPSA) is 115 Å². The molecule has 21 heavy (non-hydrogen) atoms. The third-order valence-corrected chi connectivity index (χ3v) is 3.82. The predicted octanol–water partition coefficient (Wildman–Crippen LogP) is 0.249. The Kier molecular flexibility index (Phi) is 3.69. The highest BCUT2D eigenvalue weighted by Gasteiger charge is 2.65. The molecule has 1 aromatic rings. The van der Waals surface area contributed by atoms with Gasteiger partial charge in [0.15, 0.2) is 0 Å². The average molecular weight is 293 g/mol. The van der Waals surface area contributed by atoms with Gasteiger partial charge < -0.3 is 15.3 Å². The Bertz CT molecular complexity index is 570. The van der Waals surface area contributed by atoms with E-state index >= 15 is 0 Å². The summed E-state index contributed by atoms with van der Waals surface area (Å²) in [5, 5.41) is 29.0. The molecule has 1 aliphatic heterocycles. The number of aliphatic hydroxyl groups excluding tert-OH is 1. The van der Waals surface area contributed by atoms with Crippen molar-refractivity contribution >= 4 is 17.8 Å². The molecule has 2 rings (SSSR count). The maximum absolute atomic E-state index is 11.7. The zero-order valence-corrected chi connectivity index (χ0v) is 11.3. The molecule has 0 radical (unpaired) electrons. The van der Waals surface area contributed by atoms with Crippen molar-refractivity contribution in [2.24, 2.45) is 0 Å². The van der Waals surface area contributed by atoms with Crippen molar-refractivity contribution in [3.05, 3.63) is 35.9 Å². The van der Waals surface area contributed by atoms with E-state index in [1.165, 1.54) is 0 Å². The summed E-state index contributed by atoms with van der Waals surface area (Å²) in [6.45, 7) is 1.04. The zero-order valence-electron chi connectivity index (χ0n) is 11.3. The molecular weight excluding hydrogens is 278 g/mol. The monoisotopic (exact) mass is 293 g/mol. The van der Waals surface area contributed by atoms with E-state index in [1.807, 2.05) is 0 Å². The maximum Gasteiger partial charge on any atom is 0.342 e. The Labute approximate surface area is 120 Å². The van der Waals surface area contributed by atoms with Gasteiger partial charge in [-0.25, -0.2) is 9.59 Å². The van der Waals surface area contributed by atoms with Crippen LogP contribution in [0.4, 0.5) is 0 Å². The normalized spacial score (nSPS) is 23.8. The number of carbonyl (C=O) groups excluding carboxylic acids is 1. The standard InChI is InChI=1S/C14H15NO6/c1-8(16)15-11(17)7-10(9-5-3-2-4-6-9)14(15,12(18)19)13(20)21/h2-6,10-11,17H,7H2,1H3,(H,18,19)(H,20,21). The van der Waals surface area contributed by atoms with Crippen LogP contribution in [0.25, 0.3) is 0 Å². The molecule has 7 heteroatoms. The first kappa shape index (κ1) is 15.0. The van der Waals surface area contributed by atoms with Crippen molar-refractivity contribution in [2.45, 2.75) is 31.0 Å². The van der Waals surface area contributed by atoms with Crippen molar-refractivity contribution < 1.29 is 29.7 Å². The molecule has 1 fully saturated rings. The second kappa shape index (κ2) is 5.17. The number of rotatable bonds is 3. The third-order valence-electron chi connectivity index (χ3n) is 3.82. The van der Waals surface area contributed by atoms with E-state index in [2.05, 4.69) is 0 Å². The van der Waals surface area contributed by atoms with Gasteiger partial charge in [-0.1, -0.05) is 30.3 Å². The Morgan fingerprint density at radius 3 is 2.10 bits per heavy atom. The summed E-state index contributed by atoms with van der Waals surface area (Å²) in [5.74, 6) is -5.18. The minimum atomic E-state index is -2.51. The lowest BCUT2D eigenvalue weighted by atomic mass is 9.79. The maximum atomic E-state index is 11.7. The number of likely N-dealkylation sites (tertiary alicyclic amines) is 1. The van der Waals surface area contributed by atoms with Gasteiger partial charge in [0.2, 0.25) is 11.4 Å². The fourth-order valence-electron chi connectivity index (χ4n) is 3.01. The fraction of sp³-hybridized carbons (Fsp3) is 0.357. The number of amides is 1. The number of carboxylic acids is 2. The first-order chi connectivity index (χ1) is 9.83. The largest absolute Gasteiger partial charge is 0.479 e. The van der Waals surface area contributed by atoms with E-state index in [4.69, 9.17) is 0 Å². The number of hydrogen-bond acceptors (Lipinski definition) is 4. The molecule has 0 saturated carbocycles. The highest BCUT2D eigenvalue weighted by Crippen LogP contribution is 2.45. The molecule has 0 aliphatic carbocycles. The molecule has 0 spiro atoms. The summed E-state index contributed by atoms with van der Waals surface area (Å²) >= 11 is 0. The van der Waals surface area contributed by atoms with Gasteiger partial charge in [0.1, 0.15) is 6.23 Å². The molecule has 7 nitrogen and oxygen atoms in total. The lowest BCUT2D eigenvalue weighted by Crippen LogP contribution is -2.62. The van der Waals surface area contributed by atoms with Gasteiger partial charge in [-0.05, 0) is 5.56 Å². The van der Waals surface area contributed by atoms with Crippen molar-refractivity contribution in [2.75, 3.05) is 0 Å². The molecule has 2 unspecified atom stereocenters. The van der Waals surface area contributed by atoms with Crippen molar-refractivity contribution in [3.8, 4) is 0 Å². The van der Waals surface area contributed by atoms with Crippen molar-refractivity contribution in [3.63, 3.8) is 0 Å². The lowest BCUT2D eigenvalue weighted by Gasteiger charge is -2.35. The molecule has 1 heterocycles. The molecule has 1 saturated heterocycles. The number of hydrogen-bond donors (Lipinski definition) is 3. The number of carboxylic acid groups (broad SMARTS) is 2. The summed E-state index contributed by atoms with van der Waals surface area (Å²) in [6, 6.07) is 8.17. The van der Waals surface area contributed by atoms with Crippen LogP contribution in [0.5, 0.6) is 0 Å². The number of nitrogens with zero attached hydrogens (tertiary/aromatic N) is 1. The summed E-state index contributed by atoms with van der Waals surface area (Å²) in [5.41, 5.74) is -2.06. The summed E-state index contributed by atoms with van der Waals surface area (Å²) in [6.07, 6.45) is -1.61. The molecule has 0 aromatic heterocycles. The molecule has 1 aliphatic rings. The molecular formula is C14H15NO6. The number of benzene rings is 1. The second-order valence-corrected chi connectivity index (χ2v) is 4.95. The van der Waals surface area contributed by atoms with Gasteiger partial charge in [0.05, 0.1) is 0 Å². The van der Waals surface area contributed by atoms with E-state index in [1.54, 1.807) is 30.3 Å². The molecule has 2 atom stereocenters. The van der Waals surface area contributed by atoms with E-state index in [0.29, 0.717) is 10.5 Å². The molecule has 112 valence electrons. The third kappa shape index (κ3) is 2.06. The fourth-order valence-corrected chi connectivity index (χ4v) is 3.01. The van der Waals surface area contributed by atoms with Crippen LogP contribution < -0.4 is 0 Å². The van der Waals surface area contributed by atoms with Gasteiger partial charge in [0.25, 0.3) is 0 Å². The summed E-state index contributed by atoms with van der Waals surface area (Å²) in [7, 11) is 0. The van der Waals surface area contributed by atoms with Gasteiger partial charge >= 0.3 is 11.9 Å². The first-order valence-corrected chi connectivity index (χ1v) is 6.33. The van der Waals surface area contributed by atoms with Crippen LogP contribution in [0.3, 0.4) is 0 Å².